The predicted octanol–water partition coefficient (Wildman–Crippen LogP) is 5.58. The van der Waals surface area contributed by atoms with Crippen molar-refractivity contribution >= 4 is 57.4 Å². The Balaban J connectivity index is 2.31. The zero-order chi connectivity index (χ0) is 14.7. The summed E-state index contributed by atoms with van der Waals surface area (Å²) >= 11 is 20.3. The zero-order valence-electron chi connectivity index (χ0n) is 10.8. The molecule has 0 amide bonds. The molecule has 6 heteroatoms. The normalized spacial score (nSPS) is 10.8. The third-order valence-electron chi connectivity index (χ3n) is 2.76. The highest BCUT2D eigenvalue weighted by molar-refractivity contribution is 14.1. The maximum atomic E-state index is 6.17. The topological polar surface area (TPSA) is 25.8 Å². The number of hydrogen-bond acceptors (Lipinski definition) is 2. The SMILES string of the molecule is CCCc1nc(Cc2ccc(Cl)c(Cl)c2)nc(Cl)c1I. The van der Waals surface area contributed by atoms with Gasteiger partial charge in [-0.2, -0.15) is 0 Å². The van der Waals surface area contributed by atoms with E-state index in [1.807, 2.05) is 12.1 Å². The summed E-state index contributed by atoms with van der Waals surface area (Å²) < 4.78 is 0.934. The first-order valence-corrected chi connectivity index (χ1v) is 8.37. The minimum absolute atomic E-state index is 0.513. The van der Waals surface area contributed by atoms with Crippen molar-refractivity contribution in [3.05, 3.63) is 54.0 Å². The number of aromatic nitrogens is 2. The molecule has 0 saturated carbocycles. The first-order chi connectivity index (χ1) is 9.51. The average molecular weight is 442 g/mol. The molecule has 0 bridgehead atoms. The van der Waals surface area contributed by atoms with Gasteiger partial charge in [-0.15, -0.1) is 0 Å². The van der Waals surface area contributed by atoms with E-state index in [-0.39, 0.29) is 0 Å². The van der Waals surface area contributed by atoms with Crippen LogP contribution in [-0.4, -0.2) is 9.97 Å². The Hall–Kier alpha value is -0.100. The highest BCUT2D eigenvalue weighted by Crippen LogP contribution is 2.25. The summed E-state index contributed by atoms with van der Waals surface area (Å²) in [6.07, 6.45) is 2.51. The van der Waals surface area contributed by atoms with Crippen molar-refractivity contribution in [2.45, 2.75) is 26.2 Å². The van der Waals surface area contributed by atoms with Crippen molar-refractivity contribution in [3.63, 3.8) is 0 Å². The van der Waals surface area contributed by atoms with Gasteiger partial charge in [-0.3, -0.25) is 0 Å². The molecule has 0 radical (unpaired) electrons. The Morgan fingerprint density at radius 1 is 1.10 bits per heavy atom. The van der Waals surface area contributed by atoms with E-state index in [4.69, 9.17) is 34.8 Å². The monoisotopic (exact) mass is 440 g/mol. The van der Waals surface area contributed by atoms with E-state index in [0.29, 0.717) is 27.4 Å². The van der Waals surface area contributed by atoms with Gasteiger partial charge in [0.2, 0.25) is 0 Å². The Labute approximate surface area is 147 Å². The standard InChI is InChI=1S/C14H12Cl3IN2/c1-2-3-11-13(18)14(17)20-12(19-11)7-8-4-5-9(15)10(16)6-8/h4-6H,2-3,7H2,1H3. The van der Waals surface area contributed by atoms with Gasteiger partial charge in [0.1, 0.15) is 11.0 Å². The zero-order valence-corrected chi connectivity index (χ0v) is 15.2. The fourth-order valence-corrected chi connectivity index (χ4v) is 2.86. The molecule has 1 aromatic heterocycles. The summed E-state index contributed by atoms with van der Waals surface area (Å²) in [6, 6.07) is 5.53. The van der Waals surface area contributed by atoms with Crippen LogP contribution in [0.25, 0.3) is 0 Å². The molecule has 20 heavy (non-hydrogen) atoms. The van der Waals surface area contributed by atoms with Crippen LogP contribution in [-0.2, 0) is 12.8 Å². The van der Waals surface area contributed by atoms with Crippen molar-refractivity contribution in [1.82, 2.24) is 9.97 Å². The maximum Gasteiger partial charge on any atom is 0.146 e. The summed E-state index contributed by atoms with van der Waals surface area (Å²) in [5.74, 6) is 0.706. The molecule has 0 N–H and O–H groups in total. The molecule has 1 aromatic carbocycles. The minimum Gasteiger partial charge on any atom is -0.236 e. The molecule has 0 saturated heterocycles. The second-order valence-corrected chi connectivity index (χ2v) is 6.62. The van der Waals surface area contributed by atoms with E-state index < -0.39 is 0 Å². The van der Waals surface area contributed by atoms with Gasteiger partial charge in [-0.05, 0) is 46.7 Å². The van der Waals surface area contributed by atoms with Crippen LogP contribution in [0.1, 0.15) is 30.4 Å². The van der Waals surface area contributed by atoms with E-state index in [0.717, 1.165) is 27.7 Å². The average Bonchev–Trinajstić information content (AvgIpc) is 2.40. The second-order valence-electron chi connectivity index (χ2n) is 4.37. The highest BCUT2D eigenvalue weighted by Gasteiger charge is 2.11. The lowest BCUT2D eigenvalue weighted by atomic mass is 10.1. The van der Waals surface area contributed by atoms with Crippen molar-refractivity contribution in [3.8, 4) is 0 Å². The van der Waals surface area contributed by atoms with Crippen LogP contribution in [0.5, 0.6) is 0 Å². The van der Waals surface area contributed by atoms with Crippen LogP contribution in [0.2, 0.25) is 15.2 Å². The number of nitrogens with zero attached hydrogens (tertiary/aromatic N) is 2. The van der Waals surface area contributed by atoms with Crippen LogP contribution in [0, 0.1) is 3.57 Å². The lowest BCUT2D eigenvalue weighted by Crippen LogP contribution is -2.04. The molecule has 0 spiro atoms. The van der Waals surface area contributed by atoms with Crippen LogP contribution >= 0.6 is 57.4 Å². The first kappa shape index (κ1) is 16.3. The van der Waals surface area contributed by atoms with Crippen LogP contribution < -0.4 is 0 Å². The molecular weight excluding hydrogens is 429 g/mol. The molecule has 1 heterocycles. The van der Waals surface area contributed by atoms with E-state index >= 15 is 0 Å². The molecule has 2 rings (SSSR count). The second kappa shape index (κ2) is 7.25. The van der Waals surface area contributed by atoms with E-state index in [1.165, 1.54) is 0 Å². The lowest BCUT2D eigenvalue weighted by molar-refractivity contribution is 0.833. The predicted molar refractivity (Wildman–Crippen MR) is 93.0 cm³/mol. The minimum atomic E-state index is 0.513. The summed E-state index contributed by atoms with van der Waals surface area (Å²) in [7, 11) is 0. The van der Waals surface area contributed by atoms with Gasteiger partial charge in [0.15, 0.2) is 0 Å². The molecular formula is C14H12Cl3IN2. The van der Waals surface area contributed by atoms with Crippen LogP contribution in [0.4, 0.5) is 0 Å². The fraction of sp³-hybridized carbons (Fsp3) is 0.286. The van der Waals surface area contributed by atoms with Crippen molar-refractivity contribution in [2.75, 3.05) is 0 Å². The van der Waals surface area contributed by atoms with Crippen molar-refractivity contribution in [2.24, 2.45) is 0 Å². The Morgan fingerprint density at radius 2 is 1.85 bits per heavy atom. The van der Waals surface area contributed by atoms with E-state index in [2.05, 4.69) is 39.5 Å². The van der Waals surface area contributed by atoms with Crippen LogP contribution in [0.15, 0.2) is 18.2 Å². The van der Waals surface area contributed by atoms with E-state index in [1.54, 1.807) is 6.07 Å². The highest BCUT2D eigenvalue weighted by atomic mass is 127. The molecule has 0 unspecified atom stereocenters. The Kier molecular flexibility index (Phi) is 5.90. The van der Waals surface area contributed by atoms with Gasteiger partial charge < -0.3 is 0 Å². The number of aryl methyl sites for hydroxylation is 1. The first-order valence-electron chi connectivity index (χ1n) is 6.16. The van der Waals surface area contributed by atoms with Gasteiger partial charge in [-0.25, -0.2) is 9.97 Å². The number of rotatable bonds is 4. The largest absolute Gasteiger partial charge is 0.236 e. The van der Waals surface area contributed by atoms with Crippen molar-refractivity contribution < 1.29 is 0 Å². The Bertz CT molecular complexity index is 632. The summed E-state index contributed by atoms with van der Waals surface area (Å²) in [4.78, 5) is 8.92. The van der Waals surface area contributed by atoms with Gasteiger partial charge in [0, 0.05) is 6.42 Å². The molecule has 0 aliphatic rings. The third-order valence-corrected chi connectivity index (χ3v) is 5.22. The molecule has 106 valence electrons. The van der Waals surface area contributed by atoms with Gasteiger partial charge in [0.05, 0.1) is 19.3 Å². The number of halogens is 4. The molecule has 0 atom stereocenters. The van der Waals surface area contributed by atoms with Gasteiger partial charge in [-0.1, -0.05) is 54.2 Å². The Morgan fingerprint density at radius 3 is 2.50 bits per heavy atom. The molecule has 0 aliphatic heterocycles. The van der Waals surface area contributed by atoms with Crippen LogP contribution in [0.3, 0.4) is 0 Å². The summed E-state index contributed by atoms with van der Waals surface area (Å²) in [5.41, 5.74) is 2.02. The third kappa shape index (κ3) is 3.97. The lowest BCUT2D eigenvalue weighted by Gasteiger charge is -2.08. The van der Waals surface area contributed by atoms with Crippen molar-refractivity contribution in [1.29, 1.82) is 0 Å². The molecule has 0 aliphatic carbocycles. The maximum absolute atomic E-state index is 6.17. The summed E-state index contributed by atoms with van der Waals surface area (Å²) in [5, 5.41) is 1.59. The fourth-order valence-electron chi connectivity index (χ4n) is 1.82. The number of benzene rings is 1. The number of hydrogen-bond donors (Lipinski definition) is 0. The summed E-state index contributed by atoms with van der Waals surface area (Å²) in [6.45, 7) is 2.12. The van der Waals surface area contributed by atoms with Gasteiger partial charge >= 0.3 is 0 Å². The van der Waals surface area contributed by atoms with E-state index in [9.17, 15) is 0 Å². The smallest absolute Gasteiger partial charge is 0.146 e. The molecule has 0 fully saturated rings. The molecule has 2 aromatic rings. The van der Waals surface area contributed by atoms with Gasteiger partial charge in [0.25, 0.3) is 0 Å². The quantitative estimate of drug-likeness (QED) is 0.457. The molecule has 2 nitrogen and oxygen atoms in total.